The molecule has 0 spiro atoms. The van der Waals surface area contributed by atoms with Gasteiger partial charge in [0.05, 0.1) is 6.61 Å². The zero-order chi connectivity index (χ0) is 10.5. The highest BCUT2D eigenvalue weighted by Gasteiger charge is 1.97. The molecule has 0 amide bonds. The van der Waals surface area contributed by atoms with E-state index in [-0.39, 0.29) is 5.82 Å². The van der Waals surface area contributed by atoms with Crippen LogP contribution in [0.5, 0.6) is 5.75 Å². The van der Waals surface area contributed by atoms with Crippen LogP contribution >= 0.6 is 11.3 Å². The van der Waals surface area contributed by atoms with Gasteiger partial charge in [0.25, 0.3) is 0 Å². The Morgan fingerprint density at radius 2 is 2.13 bits per heavy atom. The minimum atomic E-state index is -0.261. The number of ether oxygens (including phenoxy) is 1. The number of hydrogen-bond donors (Lipinski definition) is 0. The standard InChI is InChI=1S/C12H11FOS/c13-10-3-1-4-11(9-10)14-7-6-12-5-2-8-15-12/h1-5,8-9H,6-7H2. The van der Waals surface area contributed by atoms with Gasteiger partial charge in [-0.25, -0.2) is 4.39 Å². The number of hydrogen-bond acceptors (Lipinski definition) is 2. The quantitative estimate of drug-likeness (QED) is 0.769. The molecule has 2 aromatic rings. The van der Waals surface area contributed by atoms with Crippen LogP contribution in [0.3, 0.4) is 0 Å². The van der Waals surface area contributed by atoms with Gasteiger partial charge in [-0.1, -0.05) is 12.1 Å². The average Bonchev–Trinajstić information content (AvgIpc) is 2.71. The predicted octanol–water partition coefficient (Wildman–Crippen LogP) is 3.51. The van der Waals surface area contributed by atoms with Crippen LogP contribution in [0, 0.1) is 5.82 Å². The topological polar surface area (TPSA) is 9.23 Å². The fraction of sp³-hybridized carbons (Fsp3) is 0.167. The lowest BCUT2D eigenvalue weighted by molar-refractivity contribution is 0.321. The molecule has 0 radical (unpaired) electrons. The van der Waals surface area contributed by atoms with Gasteiger partial charge in [-0.3, -0.25) is 0 Å². The van der Waals surface area contributed by atoms with Crippen LogP contribution in [-0.2, 0) is 6.42 Å². The first-order valence-electron chi connectivity index (χ1n) is 4.75. The van der Waals surface area contributed by atoms with Gasteiger partial charge >= 0.3 is 0 Å². The summed E-state index contributed by atoms with van der Waals surface area (Å²) in [6, 6.07) is 10.3. The summed E-state index contributed by atoms with van der Waals surface area (Å²) in [6.07, 6.45) is 0.869. The maximum absolute atomic E-state index is 12.8. The Morgan fingerprint density at radius 3 is 2.87 bits per heavy atom. The van der Waals surface area contributed by atoms with Crippen molar-refractivity contribution in [2.75, 3.05) is 6.61 Å². The van der Waals surface area contributed by atoms with Crippen LogP contribution in [0.1, 0.15) is 4.88 Å². The van der Waals surface area contributed by atoms with E-state index < -0.39 is 0 Å². The van der Waals surface area contributed by atoms with E-state index in [1.165, 1.54) is 17.0 Å². The zero-order valence-electron chi connectivity index (χ0n) is 8.15. The summed E-state index contributed by atoms with van der Waals surface area (Å²) in [5, 5.41) is 2.04. The molecule has 0 atom stereocenters. The molecule has 0 bridgehead atoms. The highest BCUT2D eigenvalue weighted by atomic mass is 32.1. The van der Waals surface area contributed by atoms with Crippen molar-refractivity contribution in [3.8, 4) is 5.75 Å². The smallest absolute Gasteiger partial charge is 0.126 e. The molecule has 1 aromatic carbocycles. The van der Waals surface area contributed by atoms with Gasteiger partial charge in [0.1, 0.15) is 11.6 Å². The molecule has 0 aliphatic heterocycles. The maximum atomic E-state index is 12.8. The molecule has 0 fully saturated rings. The molecule has 0 aliphatic carbocycles. The van der Waals surface area contributed by atoms with Crippen molar-refractivity contribution < 1.29 is 9.13 Å². The lowest BCUT2D eigenvalue weighted by atomic mass is 10.3. The van der Waals surface area contributed by atoms with Crippen LogP contribution < -0.4 is 4.74 Å². The lowest BCUT2D eigenvalue weighted by Gasteiger charge is -2.04. The molecule has 78 valence electrons. The summed E-state index contributed by atoms with van der Waals surface area (Å²) < 4.78 is 18.2. The second kappa shape index (κ2) is 4.94. The first-order valence-corrected chi connectivity index (χ1v) is 5.63. The van der Waals surface area contributed by atoms with E-state index in [9.17, 15) is 4.39 Å². The number of rotatable bonds is 4. The molecule has 0 saturated heterocycles. The van der Waals surface area contributed by atoms with Crippen molar-refractivity contribution in [3.05, 3.63) is 52.5 Å². The highest BCUT2D eigenvalue weighted by molar-refractivity contribution is 7.09. The Balaban J connectivity index is 1.83. The number of halogens is 1. The van der Waals surface area contributed by atoms with Gasteiger partial charge in [-0.15, -0.1) is 11.3 Å². The molecular formula is C12H11FOS. The van der Waals surface area contributed by atoms with E-state index in [4.69, 9.17) is 4.74 Å². The monoisotopic (exact) mass is 222 g/mol. The van der Waals surface area contributed by atoms with E-state index >= 15 is 0 Å². The summed E-state index contributed by atoms with van der Waals surface area (Å²) in [4.78, 5) is 1.28. The zero-order valence-corrected chi connectivity index (χ0v) is 8.97. The summed E-state index contributed by atoms with van der Waals surface area (Å²) in [7, 11) is 0. The van der Waals surface area contributed by atoms with Gasteiger partial charge in [0.2, 0.25) is 0 Å². The summed E-state index contributed by atoms with van der Waals surface area (Å²) in [5.74, 6) is 0.329. The Morgan fingerprint density at radius 1 is 1.20 bits per heavy atom. The molecule has 1 heterocycles. The van der Waals surface area contributed by atoms with Crippen molar-refractivity contribution in [3.63, 3.8) is 0 Å². The van der Waals surface area contributed by atoms with Crippen molar-refractivity contribution in [1.82, 2.24) is 0 Å². The van der Waals surface area contributed by atoms with Crippen molar-refractivity contribution in [1.29, 1.82) is 0 Å². The van der Waals surface area contributed by atoms with E-state index in [1.54, 1.807) is 23.5 Å². The third-order valence-electron chi connectivity index (χ3n) is 1.99. The summed E-state index contributed by atoms with van der Waals surface area (Å²) in [6.45, 7) is 0.587. The van der Waals surface area contributed by atoms with E-state index in [2.05, 4.69) is 6.07 Å². The second-order valence-corrected chi connectivity index (χ2v) is 4.17. The first-order chi connectivity index (χ1) is 7.34. The van der Waals surface area contributed by atoms with Crippen LogP contribution in [0.15, 0.2) is 41.8 Å². The van der Waals surface area contributed by atoms with Gasteiger partial charge in [-0.05, 0) is 23.6 Å². The van der Waals surface area contributed by atoms with Crippen LogP contribution in [0.4, 0.5) is 4.39 Å². The lowest BCUT2D eigenvalue weighted by Crippen LogP contribution is -1.99. The Kier molecular flexibility index (Phi) is 3.35. The Bertz CT molecular complexity index is 411. The van der Waals surface area contributed by atoms with E-state index in [0.717, 1.165) is 6.42 Å². The fourth-order valence-corrected chi connectivity index (χ4v) is 1.97. The molecule has 0 saturated carbocycles. The van der Waals surface area contributed by atoms with E-state index in [0.29, 0.717) is 12.4 Å². The Hall–Kier alpha value is -1.35. The van der Waals surface area contributed by atoms with Crippen LogP contribution in [0.2, 0.25) is 0 Å². The molecular weight excluding hydrogens is 211 g/mol. The van der Waals surface area contributed by atoms with Crippen LogP contribution in [0.25, 0.3) is 0 Å². The van der Waals surface area contributed by atoms with Gasteiger partial charge in [0.15, 0.2) is 0 Å². The third-order valence-corrected chi connectivity index (χ3v) is 2.93. The molecule has 0 unspecified atom stereocenters. The first kappa shape index (κ1) is 10.2. The number of thiophene rings is 1. The molecule has 0 N–H and O–H groups in total. The maximum Gasteiger partial charge on any atom is 0.126 e. The van der Waals surface area contributed by atoms with Crippen molar-refractivity contribution in [2.45, 2.75) is 6.42 Å². The Labute approximate surface area is 92.1 Å². The molecule has 15 heavy (non-hydrogen) atoms. The average molecular weight is 222 g/mol. The van der Waals surface area contributed by atoms with Crippen molar-refractivity contribution in [2.24, 2.45) is 0 Å². The normalized spacial score (nSPS) is 10.2. The third kappa shape index (κ3) is 3.06. The van der Waals surface area contributed by atoms with Gasteiger partial charge in [0, 0.05) is 17.4 Å². The van der Waals surface area contributed by atoms with Crippen molar-refractivity contribution >= 4 is 11.3 Å². The molecule has 0 aliphatic rings. The molecule has 2 rings (SSSR count). The highest BCUT2D eigenvalue weighted by Crippen LogP contribution is 2.13. The largest absolute Gasteiger partial charge is 0.493 e. The fourth-order valence-electron chi connectivity index (χ4n) is 1.28. The van der Waals surface area contributed by atoms with E-state index in [1.807, 2.05) is 11.4 Å². The minimum absolute atomic E-state index is 0.261. The minimum Gasteiger partial charge on any atom is -0.493 e. The molecule has 1 nitrogen and oxygen atoms in total. The SMILES string of the molecule is Fc1cccc(OCCc2cccs2)c1. The molecule has 1 aromatic heterocycles. The van der Waals surface area contributed by atoms with Gasteiger partial charge < -0.3 is 4.74 Å². The predicted molar refractivity (Wildman–Crippen MR) is 59.9 cm³/mol. The number of benzene rings is 1. The summed E-state index contributed by atoms with van der Waals surface area (Å²) in [5.41, 5.74) is 0. The molecule has 3 heteroatoms. The second-order valence-electron chi connectivity index (χ2n) is 3.14. The summed E-state index contributed by atoms with van der Waals surface area (Å²) >= 11 is 1.71. The van der Waals surface area contributed by atoms with Gasteiger partial charge in [-0.2, -0.15) is 0 Å². The van der Waals surface area contributed by atoms with Crippen LogP contribution in [-0.4, -0.2) is 6.61 Å².